The maximum absolute atomic E-state index is 13.8. The Morgan fingerprint density at radius 3 is 2.37 bits per heavy atom. The number of halogens is 1. The Morgan fingerprint density at radius 2 is 1.85 bits per heavy atom. The Balaban J connectivity index is 1.48. The first kappa shape index (κ1) is 19.3. The zero-order valence-corrected chi connectivity index (χ0v) is 15.9. The number of carbonyl (C=O) groups is 1. The third-order valence-corrected chi connectivity index (χ3v) is 4.84. The van der Waals surface area contributed by atoms with E-state index in [2.05, 4.69) is 4.90 Å². The number of nitrogens with zero attached hydrogens (tertiary/aromatic N) is 4. The molecule has 1 aromatic carbocycles. The molecule has 0 N–H and O–H groups in total. The van der Waals surface area contributed by atoms with Crippen molar-refractivity contribution in [3.63, 3.8) is 0 Å². The molecule has 0 unspecified atom stereocenters. The number of piperazine rings is 1. The number of ether oxygens (including phenoxy) is 1. The van der Waals surface area contributed by atoms with Gasteiger partial charge < -0.3 is 14.5 Å². The van der Waals surface area contributed by atoms with Crippen LogP contribution in [0.25, 0.3) is 0 Å². The van der Waals surface area contributed by atoms with Gasteiger partial charge in [0.25, 0.3) is 0 Å². The molecule has 0 atom stereocenters. The second-order valence-corrected chi connectivity index (χ2v) is 7.95. The van der Waals surface area contributed by atoms with E-state index in [9.17, 15) is 19.3 Å². The summed E-state index contributed by atoms with van der Waals surface area (Å²) in [4.78, 5) is 28.1. The normalized spacial score (nSPS) is 19.0. The van der Waals surface area contributed by atoms with Crippen molar-refractivity contribution in [2.75, 3.05) is 44.2 Å². The molecule has 9 heteroatoms. The van der Waals surface area contributed by atoms with Crippen LogP contribution in [0.2, 0.25) is 0 Å². The molecular weight excluding hydrogens is 355 g/mol. The summed E-state index contributed by atoms with van der Waals surface area (Å²) in [5.41, 5.74) is -0.343. The highest BCUT2D eigenvalue weighted by Crippen LogP contribution is 2.26. The number of amides is 1. The topological polar surface area (TPSA) is 79.2 Å². The summed E-state index contributed by atoms with van der Waals surface area (Å²) in [5, 5.41) is 10.7. The Hall–Kier alpha value is -2.42. The number of benzene rings is 1. The van der Waals surface area contributed by atoms with Crippen LogP contribution in [0, 0.1) is 15.9 Å². The molecular formula is C18H25FN4O4. The number of nitro benzene ring substituents is 1. The van der Waals surface area contributed by atoms with Crippen LogP contribution in [-0.2, 0) is 4.74 Å². The predicted octanol–water partition coefficient (Wildman–Crippen LogP) is 2.48. The fraction of sp³-hybridized carbons (Fsp3) is 0.611. The lowest BCUT2D eigenvalue weighted by Crippen LogP contribution is -2.64. The molecule has 1 aromatic rings. The van der Waals surface area contributed by atoms with Crippen molar-refractivity contribution in [3.8, 4) is 0 Å². The number of carbonyl (C=O) groups excluding carboxylic acids is 1. The van der Waals surface area contributed by atoms with Crippen LogP contribution >= 0.6 is 0 Å². The van der Waals surface area contributed by atoms with Gasteiger partial charge in [-0.15, -0.1) is 0 Å². The molecule has 8 nitrogen and oxygen atoms in total. The van der Waals surface area contributed by atoms with Gasteiger partial charge in [-0.25, -0.2) is 4.79 Å². The molecule has 0 spiro atoms. The van der Waals surface area contributed by atoms with E-state index >= 15 is 0 Å². The lowest BCUT2D eigenvalue weighted by molar-refractivity contribution is -0.387. The minimum atomic E-state index is -0.813. The quantitative estimate of drug-likeness (QED) is 0.592. The third kappa shape index (κ3) is 4.47. The summed E-state index contributed by atoms with van der Waals surface area (Å²) >= 11 is 0. The van der Waals surface area contributed by atoms with Gasteiger partial charge in [-0.1, -0.05) is 0 Å². The minimum Gasteiger partial charge on any atom is -0.444 e. The number of hydrogen-bond acceptors (Lipinski definition) is 6. The van der Waals surface area contributed by atoms with Gasteiger partial charge in [0.05, 0.1) is 4.92 Å². The van der Waals surface area contributed by atoms with E-state index in [-0.39, 0.29) is 6.09 Å². The maximum Gasteiger partial charge on any atom is 0.410 e. The third-order valence-electron chi connectivity index (χ3n) is 4.84. The van der Waals surface area contributed by atoms with Crippen LogP contribution in [-0.4, -0.2) is 71.7 Å². The fourth-order valence-electron chi connectivity index (χ4n) is 3.35. The van der Waals surface area contributed by atoms with Crippen molar-refractivity contribution in [1.82, 2.24) is 9.80 Å². The van der Waals surface area contributed by atoms with Crippen LogP contribution < -0.4 is 4.90 Å². The van der Waals surface area contributed by atoms with Crippen molar-refractivity contribution >= 4 is 17.5 Å². The van der Waals surface area contributed by atoms with Crippen molar-refractivity contribution in [2.24, 2.45) is 0 Å². The summed E-state index contributed by atoms with van der Waals surface area (Å²) in [6.07, 6.45) is -0.279. The monoisotopic (exact) mass is 380 g/mol. The molecule has 0 radical (unpaired) electrons. The smallest absolute Gasteiger partial charge is 0.410 e. The number of nitro groups is 1. The van der Waals surface area contributed by atoms with E-state index in [4.69, 9.17) is 4.74 Å². The van der Waals surface area contributed by atoms with Crippen molar-refractivity contribution in [3.05, 3.63) is 34.1 Å². The van der Waals surface area contributed by atoms with E-state index in [1.54, 1.807) is 11.0 Å². The number of hydrogen-bond donors (Lipinski definition) is 0. The first-order chi connectivity index (χ1) is 12.6. The summed E-state index contributed by atoms with van der Waals surface area (Å²) in [6, 6.07) is 4.33. The molecule has 0 saturated carbocycles. The van der Waals surface area contributed by atoms with Crippen LogP contribution in [0.1, 0.15) is 20.8 Å². The zero-order valence-electron chi connectivity index (χ0n) is 15.9. The first-order valence-electron chi connectivity index (χ1n) is 9.05. The van der Waals surface area contributed by atoms with E-state index in [0.29, 0.717) is 37.9 Å². The van der Waals surface area contributed by atoms with Crippen LogP contribution in [0.15, 0.2) is 18.2 Å². The molecule has 2 fully saturated rings. The highest BCUT2D eigenvalue weighted by atomic mass is 19.1. The molecule has 3 rings (SSSR count). The molecule has 2 saturated heterocycles. The van der Waals surface area contributed by atoms with Gasteiger partial charge in [0.2, 0.25) is 5.82 Å². The molecule has 1 amide bonds. The average Bonchev–Trinajstić information content (AvgIpc) is 2.52. The maximum atomic E-state index is 13.8. The molecule has 2 aliphatic heterocycles. The second-order valence-electron chi connectivity index (χ2n) is 7.95. The van der Waals surface area contributed by atoms with Gasteiger partial charge in [0, 0.05) is 63.1 Å². The Kier molecular flexibility index (Phi) is 5.23. The van der Waals surface area contributed by atoms with Gasteiger partial charge in [-0.2, -0.15) is 4.39 Å². The van der Waals surface area contributed by atoms with E-state index in [0.717, 1.165) is 13.1 Å². The number of anilines is 1. The van der Waals surface area contributed by atoms with Crippen LogP contribution in [0.3, 0.4) is 0 Å². The lowest BCUT2D eigenvalue weighted by atomic mass is 10.1. The molecule has 0 aliphatic carbocycles. The largest absolute Gasteiger partial charge is 0.444 e. The van der Waals surface area contributed by atoms with E-state index in [1.165, 1.54) is 12.1 Å². The van der Waals surface area contributed by atoms with Crippen LogP contribution in [0.4, 0.5) is 20.6 Å². The van der Waals surface area contributed by atoms with E-state index < -0.39 is 22.0 Å². The van der Waals surface area contributed by atoms with Crippen molar-refractivity contribution < 1.29 is 18.8 Å². The molecule has 0 bridgehead atoms. The van der Waals surface area contributed by atoms with Gasteiger partial charge >= 0.3 is 11.8 Å². The van der Waals surface area contributed by atoms with Gasteiger partial charge in [0.1, 0.15) is 5.60 Å². The highest BCUT2D eigenvalue weighted by Gasteiger charge is 2.38. The first-order valence-corrected chi connectivity index (χ1v) is 9.05. The summed E-state index contributed by atoms with van der Waals surface area (Å²) < 4.78 is 19.2. The average molecular weight is 380 g/mol. The fourth-order valence-corrected chi connectivity index (χ4v) is 3.35. The van der Waals surface area contributed by atoms with Gasteiger partial charge in [-0.05, 0) is 26.8 Å². The molecule has 27 heavy (non-hydrogen) atoms. The van der Waals surface area contributed by atoms with Crippen LogP contribution in [0.5, 0.6) is 0 Å². The molecule has 0 aromatic heterocycles. The Morgan fingerprint density at radius 1 is 1.22 bits per heavy atom. The summed E-state index contributed by atoms with van der Waals surface area (Å²) in [6.45, 7) is 9.87. The Labute approximate surface area is 157 Å². The second kappa shape index (κ2) is 7.30. The zero-order chi connectivity index (χ0) is 19.8. The standard InChI is InChI=1S/C18H25FN4O4/c1-18(2,3)27-17(24)22-11-14(12-22)21-8-6-20(7-9-21)13-4-5-16(23(25)26)15(19)10-13/h4-5,10,14H,6-9,11-12H2,1-3H3. The lowest BCUT2D eigenvalue weighted by Gasteiger charge is -2.48. The predicted molar refractivity (Wildman–Crippen MR) is 98.4 cm³/mol. The SMILES string of the molecule is CC(C)(C)OC(=O)N1CC(N2CCN(c3ccc([N+](=O)[O-])c(F)c3)CC2)C1. The van der Waals surface area contributed by atoms with Crippen molar-refractivity contribution in [1.29, 1.82) is 0 Å². The molecule has 2 heterocycles. The highest BCUT2D eigenvalue weighted by molar-refractivity contribution is 5.69. The van der Waals surface area contributed by atoms with Crippen molar-refractivity contribution in [2.45, 2.75) is 32.4 Å². The molecule has 148 valence electrons. The summed E-state index contributed by atoms with van der Waals surface area (Å²) in [7, 11) is 0. The minimum absolute atomic E-state index is 0.279. The Bertz CT molecular complexity index is 723. The van der Waals surface area contributed by atoms with E-state index in [1.807, 2.05) is 25.7 Å². The molecule has 2 aliphatic rings. The number of rotatable bonds is 3. The van der Waals surface area contributed by atoms with Gasteiger partial charge in [-0.3, -0.25) is 15.0 Å². The summed E-state index contributed by atoms with van der Waals surface area (Å²) in [5.74, 6) is -0.813. The number of likely N-dealkylation sites (tertiary alicyclic amines) is 1. The van der Waals surface area contributed by atoms with Gasteiger partial charge in [0.15, 0.2) is 0 Å².